The fraction of sp³-hybridized carbons (Fsp3) is 0.357. The molecule has 0 spiro atoms. The molecule has 0 aliphatic rings. The molecule has 0 amide bonds. The second-order valence-corrected chi connectivity index (χ2v) is 5.91. The van der Waals surface area contributed by atoms with Gasteiger partial charge in [0.2, 0.25) is 0 Å². The molecule has 2 rings (SSSR count). The van der Waals surface area contributed by atoms with Crippen molar-refractivity contribution in [1.29, 1.82) is 0 Å². The lowest BCUT2D eigenvalue weighted by Crippen LogP contribution is -2.19. The first-order chi connectivity index (χ1) is 9.56. The van der Waals surface area contributed by atoms with E-state index in [9.17, 15) is 8.78 Å². The van der Waals surface area contributed by atoms with Gasteiger partial charge in [0.1, 0.15) is 11.6 Å². The highest BCUT2D eigenvalue weighted by Crippen LogP contribution is 2.30. The zero-order valence-corrected chi connectivity index (χ0v) is 12.2. The van der Waals surface area contributed by atoms with Crippen molar-refractivity contribution >= 4 is 11.8 Å². The Morgan fingerprint density at radius 3 is 2.55 bits per heavy atom. The average Bonchev–Trinajstić information content (AvgIpc) is 2.86. The lowest BCUT2D eigenvalue weighted by Gasteiger charge is -2.09. The van der Waals surface area contributed by atoms with Gasteiger partial charge in [-0.25, -0.2) is 13.8 Å². The summed E-state index contributed by atoms with van der Waals surface area (Å²) in [4.78, 5) is 6.72. The van der Waals surface area contributed by atoms with E-state index in [2.05, 4.69) is 29.1 Å². The highest BCUT2D eigenvalue weighted by atomic mass is 32.2. The van der Waals surface area contributed by atoms with Crippen LogP contribution in [0.1, 0.15) is 19.4 Å². The molecule has 1 heterocycles. The molecule has 1 aromatic heterocycles. The summed E-state index contributed by atoms with van der Waals surface area (Å²) >= 11 is 0.948. The first-order valence-corrected chi connectivity index (χ1v) is 7.23. The van der Waals surface area contributed by atoms with E-state index in [0.29, 0.717) is 23.2 Å². The molecule has 3 nitrogen and oxygen atoms in total. The number of nitrogens with zero attached hydrogens (tertiary/aromatic N) is 1. The number of halogens is 2. The largest absolute Gasteiger partial charge is 0.339 e. The van der Waals surface area contributed by atoms with Gasteiger partial charge in [0.25, 0.3) is 0 Å². The highest BCUT2D eigenvalue weighted by Gasteiger charge is 2.13. The first kappa shape index (κ1) is 15.0. The summed E-state index contributed by atoms with van der Waals surface area (Å²) in [7, 11) is 0. The predicted molar refractivity (Wildman–Crippen MR) is 75.6 cm³/mol. The second-order valence-electron chi connectivity index (χ2n) is 4.91. The van der Waals surface area contributed by atoms with Gasteiger partial charge >= 0.3 is 0 Å². The Labute approximate surface area is 121 Å². The maximum absolute atomic E-state index is 14.0. The van der Waals surface area contributed by atoms with Crippen LogP contribution in [0.15, 0.2) is 34.6 Å². The van der Waals surface area contributed by atoms with Gasteiger partial charge in [0.15, 0.2) is 5.16 Å². The van der Waals surface area contributed by atoms with Gasteiger partial charge in [-0.3, -0.25) is 0 Å². The molecule has 0 unspecified atom stereocenters. The van der Waals surface area contributed by atoms with Gasteiger partial charge in [0, 0.05) is 18.9 Å². The van der Waals surface area contributed by atoms with Crippen LogP contribution >= 0.6 is 11.8 Å². The molecule has 0 atom stereocenters. The number of H-pyrrole nitrogens is 1. The van der Waals surface area contributed by atoms with E-state index in [1.54, 1.807) is 12.4 Å². The molecule has 6 heteroatoms. The smallest absolute Gasteiger partial charge is 0.170 e. The van der Waals surface area contributed by atoms with E-state index in [1.807, 2.05) is 0 Å². The zero-order valence-electron chi connectivity index (χ0n) is 11.4. The van der Waals surface area contributed by atoms with E-state index in [-0.39, 0.29) is 4.90 Å². The number of nitrogens with one attached hydrogen (secondary N) is 2. The van der Waals surface area contributed by atoms with Crippen LogP contribution in [0.25, 0.3) is 0 Å². The zero-order chi connectivity index (χ0) is 14.5. The van der Waals surface area contributed by atoms with E-state index in [0.717, 1.165) is 18.3 Å². The van der Waals surface area contributed by atoms with Crippen molar-refractivity contribution in [2.45, 2.75) is 30.4 Å². The fourth-order valence-corrected chi connectivity index (χ4v) is 2.47. The number of aromatic nitrogens is 2. The maximum Gasteiger partial charge on any atom is 0.170 e. The standard InChI is InChI=1S/C14H17F2N3S/c1-9(2)7-17-8-10-5-11(15)13(12(16)6-10)20-14-18-3-4-19-14/h3-6,9,17H,7-8H2,1-2H3,(H,18,19). The van der Waals surface area contributed by atoms with Crippen LogP contribution in [0.3, 0.4) is 0 Å². The van der Waals surface area contributed by atoms with Crippen LogP contribution in [-0.4, -0.2) is 16.5 Å². The third-order valence-electron chi connectivity index (χ3n) is 2.61. The topological polar surface area (TPSA) is 40.7 Å². The number of rotatable bonds is 6. The lowest BCUT2D eigenvalue weighted by molar-refractivity contribution is 0.525. The molecular weight excluding hydrogens is 280 g/mol. The molecule has 1 aromatic carbocycles. The van der Waals surface area contributed by atoms with E-state index < -0.39 is 11.6 Å². The van der Waals surface area contributed by atoms with Crippen molar-refractivity contribution in [3.05, 3.63) is 41.7 Å². The normalized spacial score (nSPS) is 11.2. The van der Waals surface area contributed by atoms with Crippen LogP contribution in [0.5, 0.6) is 0 Å². The number of aromatic amines is 1. The Balaban J connectivity index is 2.08. The van der Waals surface area contributed by atoms with Crippen molar-refractivity contribution in [3.8, 4) is 0 Å². The first-order valence-electron chi connectivity index (χ1n) is 6.42. The van der Waals surface area contributed by atoms with Crippen molar-refractivity contribution in [2.24, 2.45) is 5.92 Å². The third-order valence-corrected chi connectivity index (χ3v) is 3.62. The number of hydrogen-bond acceptors (Lipinski definition) is 3. The van der Waals surface area contributed by atoms with Crippen LogP contribution in [0.4, 0.5) is 8.78 Å². The van der Waals surface area contributed by atoms with Crippen molar-refractivity contribution in [1.82, 2.24) is 15.3 Å². The minimum atomic E-state index is -0.562. The van der Waals surface area contributed by atoms with Gasteiger partial charge in [-0.1, -0.05) is 13.8 Å². The summed E-state index contributed by atoms with van der Waals surface area (Å²) in [5.41, 5.74) is 0.601. The molecule has 108 valence electrons. The molecule has 0 bridgehead atoms. The quantitative estimate of drug-likeness (QED) is 0.856. The monoisotopic (exact) mass is 297 g/mol. The number of imidazole rings is 1. The predicted octanol–water partition coefficient (Wildman–Crippen LogP) is 3.58. The molecule has 0 aliphatic heterocycles. The number of hydrogen-bond donors (Lipinski definition) is 2. The van der Waals surface area contributed by atoms with Gasteiger partial charge < -0.3 is 10.3 Å². The summed E-state index contributed by atoms with van der Waals surface area (Å²) in [5.74, 6) is -0.626. The number of benzene rings is 1. The molecule has 0 saturated heterocycles. The van der Waals surface area contributed by atoms with E-state index in [1.165, 1.54) is 12.1 Å². The van der Waals surface area contributed by atoms with Gasteiger partial charge in [-0.15, -0.1) is 0 Å². The Morgan fingerprint density at radius 2 is 2.00 bits per heavy atom. The minimum Gasteiger partial charge on any atom is -0.339 e. The van der Waals surface area contributed by atoms with Crippen molar-refractivity contribution < 1.29 is 8.78 Å². The van der Waals surface area contributed by atoms with Gasteiger partial charge in [0.05, 0.1) is 4.90 Å². The van der Waals surface area contributed by atoms with Crippen molar-refractivity contribution in [3.63, 3.8) is 0 Å². The highest BCUT2D eigenvalue weighted by molar-refractivity contribution is 7.99. The summed E-state index contributed by atoms with van der Waals surface area (Å²) in [6.07, 6.45) is 3.16. The molecule has 0 saturated carbocycles. The second kappa shape index (κ2) is 6.85. The molecule has 0 aliphatic carbocycles. The SMILES string of the molecule is CC(C)CNCc1cc(F)c(Sc2ncc[nH]2)c(F)c1. The molecule has 2 N–H and O–H groups in total. The fourth-order valence-electron chi connectivity index (χ4n) is 1.72. The van der Waals surface area contributed by atoms with Gasteiger partial charge in [-0.2, -0.15) is 0 Å². The Morgan fingerprint density at radius 1 is 1.30 bits per heavy atom. The van der Waals surface area contributed by atoms with Crippen LogP contribution < -0.4 is 5.32 Å². The summed E-state index contributed by atoms with van der Waals surface area (Å²) in [6, 6.07) is 2.73. The van der Waals surface area contributed by atoms with Crippen LogP contribution in [-0.2, 0) is 6.54 Å². The third kappa shape index (κ3) is 4.05. The molecule has 0 radical (unpaired) electrons. The summed E-state index contributed by atoms with van der Waals surface area (Å²) in [5, 5.41) is 3.63. The summed E-state index contributed by atoms with van der Waals surface area (Å²) < 4.78 is 27.9. The van der Waals surface area contributed by atoms with Crippen LogP contribution in [0.2, 0.25) is 0 Å². The lowest BCUT2D eigenvalue weighted by atomic mass is 10.2. The molecule has 2 aromatic rings. The maximum atomic E-state index is 14.0. The van der Waals surface area contributed by atoms with Gasteiger partial charge in [-0.05, 0) is 41.9 Å². The minimum absolute atomic E-state index is 0.0347. The molecule has 0 fully saturated rings. The average molecular weight is 297 g/mol. The Hall–Kier alpha value is -1.40. The van der Waals surface area contributed by atoms with Crippen molar-refractivity contribution in [2.75, 3.05) is 6.54 Å². The Kier molecular flexibility index (Phi) is 5.14. The summed E-state index contributed by atoms with van der Waals surface area (Å²) in [6.45, 7) is 5.43. The van der Waals surface area contributed by atoms with E-state index >= 15 is 0 Å². The van der Waals surface area contributed by atoms with E-state index in [4.69, 9.17) is 0 Å². The molecular formula is C14H17F2N3S. The van der Waals surface area contributed by atoms with Crippen LogP contribution in [0, 0.1) is 17.6 Å². The Bertz CT molecular complexity index is 533. The molecule has 20 heavy (non-hydrogen) atoms.